The van der Waals surface area contributed by atoms with Gasteiger partial charge in [0.25, 0.3) is 11.1 Å². The zero-order valence-electron chi connectivity index (χ0n) is 10.9. The van der Waals surface area contributed by atoms with Crippen molar-refractivity contribution < 1.29 is 29.3 Å². The number of ether oxygens (including phenoxy) is 1. The molecular formula is C13H11NO6S. The molecule has 1 aliphatic heterocycles. The van der Waals surface area contributed by atoms with Crippen molar-refractivity contribution >= 4 is 35.0 Å². The van der Waals surface area contributed by atoms with Gasteiger partial charge in [-0.1, -0.05) is 12.1 Å². The van der Waals surface area contributed by atoms with Crippen molar-refractivity contribution in [3.05, 3.63) is 28.7 Å². The van der Waals surface area contributed by atoms with Crippen molar-refractivity contribution in [1.29, 1.82) is 0 Å². The van der Waals surface area contributed by atoms with Crippen molar-refractivity contribution in [2.75, 3.05) is 13.7 Å². The van der Waals surface area contributed by atoms with E-state index in [0.717, 1.165) is 0 Å². The van der Waals surface area contributed by atoms with Gasteiger partial charge < -0.3 is 14.9 Å². The first-order chi connectivity index (χ1) is 9.93. The summed E-state index contributed by atoms with van der Waals surface area (Å²) >= 11 is 0.624. The van der Waals surface area contributed by atoms with Crippen LogP contribution < -0.4 is 4.74 Å². The summed E-state index contributed by atoms with van der Waals surface area (Å²) in [6, 6.07) is 4.71. The van der Waals surface area contributed by atoms with Crippen LogP contribution in [0.4, 0.5) is 4.79 Å². The Hall–Kier alpha value is -2.48. The van der Waals surface area contributed by atoms with Crippen LogP contribution in [-0.2, 0) is 9.59 Å². The van der Waals surface area contributed by atoms with Gasteiger partial charge in [-0.15, -0.1) is 0 Å². The minimum atomic E-state index is -1.28. The Kier molecular flexibility index (Phi) is 4.18. The van der Waals surface area contributed by atoms with Crippen LogP contribution >= 0.6 is 11.8 Å². The lowest BCUT2D eigenvalue weighted by atomic mass is 10.1. The maximum atomic E-state index is 12.0. The third-order valence-electron chi connectivity index (χ3n) is 2.70. The largest absolute Gasteiger partial charge is 0.504 e. The summed E-state index contributed by atoms with van der Waals surface area (Å²) in [7, 11) is 1.39. The van der Waals surface area contributed by atoms with Gasteiger partial charge in [0.15, 0.2) is 11.5 Å². The number of nitrogens with zero attached hydrogens (tertiary/aromatic N) is 1. The molecule has 0 saturated carbocycles. The summed E-state index contributed by atoms with van der Waals surface area (Å²) in [5.74, 6) is -1.91. The minimum Gasteiger partial charge on any atom is -0.504 e. The SMILES string of the molecule is COc1cccc(/C=C2/SC(=O)N(CC(=O)O)C2=O)c1O. The number of rotatable bonds is 4. The molecule has 21 heavy (non-hydrogen) atoms. The average molecular weight is 309 g/mol. The number of methoxy groups -OCH3 is 1. The van der Waals surface area contributed by atoms with Crippen LogP contribution in [0, 0.1) is 0 Å². The van der Waals surface area contributed by atoms with E-state index in [1.165, 1.54) is 13.2 Å². The molecule has 0 bridgehead atoms. The van der Waals surface area contributed by atoms with Gasteiger partial charge in [-0.3, -0.25) is 19.3 Å². The second-order valence-electron chi connectivity index (χ2n) is 4.06. The molecule has 110 valence electrons. The summed E-state index contributed by atoms with van der Waals surface area (Å²) in [5, 5.41) is 17.9. The molecule has 1 fully saturated rings. The molecule has 2 rings (SSSR count). The fourth-order valence-corrected chi connectivity index (χ4v) is 2.56. The fourth-order valence-electron chi connectivity index (χ4n) is 1.73. The second kappa shape index (κ2) is 5.88. The molecule has 0 spiro atoms. The van der Waals surface area contributed by atoms with Crippen LogP contribution in [0.3, 0.4) is 0 Å². The first-order valence-corrected chi connectivity index (χ1v) is 6.59. The number of aromatic hydroxyl groups is 1. The van der Waals surface area contributed by atoms with Crippen molar-refractivity contribution in [3.8, 4) is 11.5 Å². The van der Waals surface area contributed by atoms with E-state index in [9.17, 15) is 19.5 Å². The van der Waals surface area contributed by atoms with Gasteiger partial charge in [0.05, 0.1) is 12.0 Å². The smallest absolute Gasteiger partial charge is 0.323 e. The standard InChI is InChI=1S/C13H11NO6S/c1-20-8-4-2-3-7(11(8)17)5-9-12(18)14(6-10(15)16)13(19)21-9/h2-5,17H,6H2,1H3,(H,15,16)/b9-5+. The highest BCUT2D eigenvalue weighted by Crippen LogP contribution is 2.36. The molecule has 0 atom stereocenters. The van der Waals surface area contributed by atoms with Crippen LogP contribution in [0.25, 0.3) is 6.08 Å². The number of imide groups is 1. The lowest BCUT2D eigenvalue weighted by molar-refractivity contribution is -0.140. The first-order valence-electron chi connectivity index (χ1n) is 5.77. The Morgan fingerprint density at radius 1 is 1.43 bits per heavy atom. The Morgan fingerprint density at radius 2 is 2.14 bits per heavy atom. The molecule has 8 heteroatoms. The van der Waals surface area contributed by atoms with E-state index in [1.54, 1.807) is 18.2 Å². The zero-order valence-corrected chi connectivity index (χ0v) is 11.7. The Morgan fingerprint density at radius 3 is 2.76 bits per heavy atom. The zero-order chi connectivity index (χ0) is 15.6. The van der Waals surface area contributed by atoms with Gasteiger partial charge in [-0.2, -0.15) is 0 Å². The van der Waals surface area contributed by atoms with Gasteiger partial charge in [-0.05, 0) is 23.9 Å². The van der Waals surface area contributed by atoms with E-state index in [2.05, 4.69) is 0 Å². The normalized spacial score (nSPS) is 16.6. The van der Waals surface area contributed by atoms with E-state index in [0.29, 0.717) is 22.2 Å². The third-order valence-corrected chi connectivity index (χ3v) is 3.61. The summed E-state index contributed by atoms with van der Waals surface area (Å²) in [6.07, 6.45) is 1.32. The highest BCUT2D eigenvalue weighted by Gasteiger charge is 2.36. The maximum absolute atomic E-state index is 12.0. The number of benzene rings is 1. The quantitative estimate of drug-likeness (QED) is 0.812. The van der Waals surface area contributed by atoms with Crippen molar-refractivity contribution in [2.45, 2.75) is 0 Å². The summed E-state index contributed by atoms with van der Waals surface area (Å²) < 4.78 is 4.95. The predicted molar refractivity (Wildman–Crippen MR) is 75.0 cm³/mol. The molecule has 0 unspecified atom stereocenters. The van der Waals surface area contributed by atoms with Gasteiger partial charge in [0, 0.05) is 5.56 Å². The highest BCUT2D eigenvalue weighted by molar-refractivity contribution is 8.18. The number of phenols is 1. The van der Waals surface area contributed by atoms with E-state index < -0.39 is 23.7 Å². The molecule has 1 aromatic carbocycles. The number of carboxylic acids is 1. The predicted octanol–water partition coefficient (Wildman–Crippen LogP) is 1.52. The maximum Gasteiger partial charge on any atom is 0.323 e. The van der Waals surface area contributed by atoms with Gasteiger partial charge in [0.2, 0.25) is 0 Å². The Balaban J connectivity index is 2.33. The third kappa shape index (κ3) is 3.00. The van der Waals surface area contributed by atoms with Gasteiger partial charge in [0.1, 0.15) is 6.54 Å². The second-order valence-corrected chi connectivity index (χ2v) is 5.05. The molecule has 0 aromatic heterocycles. The molecule has 2 N–H and O–H groups in total. The molecule has 0 aliphatic carbocycles. The van der Waals surface area contributed by atoms with Crippen LogP contribution in [0.2, 0.25) is 0 Å². The molecule has 0 radical (unpaired) electrons. The number of carboxylic acid groups (broad SMARTS) is 1. The van der Waals surface area contributed by atoms with Crippen LogP contribution in [0.5, 0.6) is 11.5 Å². The van der Waals surface area contributed by atoms with Gasteiger partial charge in [-0.25, -0.2) is 0 Å². The monoisotopic (exact) mass is 309 g/mol. The number of aliphatic carboxylic acids is 1. The van der Waals surface area contributed by atoms with E-state index in [-0.39, 0.29) is 16.4 Å². The number of carbonyl (C=O) groups excluding carboxylic acids is 2. The summed E-state index contributed by atoms with van der Waals surface area (Å²) in [6.45, 7) is -0.688. The molecule has 1 aliphatic rings. The van der Waals surface area contributed by atoms with E-state index in [4.69, 9.17) is 9.84 Å². The molecule has 1 saturated heterocycles. The van der Waals surface area contributed by atoms with Crippen LogP contribution in [0.1, 0.15) is 5.56 Å². The summed E-state index contributed by atoms with van der Waals surface area (Å²) in [4.78, 5) is 34.9. The molecule has 1 heterocycles. The Labute approximate surface area is 123 Å². The topological polar surface area (TPSA) is 104 Å². The number of thioether (sulfide) groups is 1. The van der Waals surface area contributed by atoms with Crippen molar-refractivity contribution in [2.24, 2.45) is 0 Å². The lowest BCUT2D eigenvalue weighted by Gasteiger charge is -2.08. The summed E-state index contributed by atoms with van der Waals surface area (Å²) in [5.41, 5.74) is 0.301. The number of phenolic OH excluding ortho intramolecular Hbond substituents is 1. The number of carbonyl (C=O) groups is 3. The molecule has 7 nitrogen and oxygen atoms in total. The van der Waals surface area contributed by atoms with Crippen molar-refractivity contribution in [1.82, 2.24) is 4.90 Å². The number of hydrogen-bond acceptors (Lipinski definition) is 6. The van der Waals surface area contributed by atoms with Gasteiger partial charge >= 0.3 is 5.97 Å². The molecule has 2 amide bonds. The Bertz CT molecular complexity index is 654. The van der Waals surface area contributed by atoms with Crippen LogP contribution in [-0.4, -0.2) is 45.9 Å². The van der Waals surface area contributed by atoms with Crippen LogP contribution in [0.15, 0.2) is 23.1 Å². The van der Waals surface area contributed by atoms with E-state index >= 15 is 0 Å². The lowest BCUT2D eigenvalue weighted by Crippen LogP contribution is -2.33. The highest BCUT2D eigenvalue weighted by atomic mass is 32.2. The van der Waals surface area contributed by atoms with Crippen molar-refractivity contribution in [3.63, 3.8) is 0 Å². The first kappa shape index (κ1) is 14.9. The fraction of sp³-hybridized carbons (Fsp3) is 0.154. The number of hydrogen-bond donors (Lipinski definition) is 2. The average Bonchev–Trinajstić information content (AvgIpc) is 2.68. The van der Waals surface area contributed by atoms with E-state index in [1.807, 2.05) is 0 Å². The minimum absolute atomic E-state index is 0.0461. The number of para-hydroxylation sites is 1. The molecular weight excluding hydrogens is 298 g/mol. The molecule has 1 aromatic rings. The number of amides is 2.